The fourth-order valence-corrected chi connectivity index (χ4v) is 0.665. The molecule has 0 N–H and O–H groups in total. The van der Waals surface area contributed by atoms with Crippen LogP contribution in [0.1, 0.15) is 13.2 Å². The third kappa shape index (κ3) is 1.51. The Kier molecular flexibility index (Phi) is 2.34. The molecule has 3 nitrogen and oxygen atoms in total. The molecule has 0 aliphatic carbocycles. The normalized spacial score (nSPS) is 13.0. The zero-order valence-corrected chi connectivity index (χ0v) is 6.19. The lowest BCUT2D eigenvalue weighted by Gasteiger charge is -1.99. The van der Waals surface area contributed by atoms with E-state index in [1.807, 2.05) is 25.3 Å². The van der Waals surface area contributed by atoms with E-state index < -0.39 is 0 Å². The van der Waals surface area contributed by atoms with Gasteiger partial charge in [-0.25, -0.2) is 0 Å². The number of hydrogen-bond donors (Lipinski definition) is 0. The third-order valence-electron chi connectivity index (χ3n) is 1.35. The van der Waals surface area contributed by atoms with Crippen molar-refractivity contribution in [2.24, 2.45) is 0 Å². The minimum Gasteiger partial charge on any atom is -0.323 e. The summed E-state index contributed by atoms with van der Waals surface area (Å²) < 4.78 is 6.79. The maximum atomic E-state index is 5.04. The van der Waals surface area contributed by atoms with Crippen LogP contribution in [-0.4, -0.2) is 12.2 Å². The Balaban J connectivity index is 2.75. The molecule has 0 aliphatic rings. The van der Waals surface area contributed by atoms with Crippen LogP contribution in [0.4, 0.5) is 0 Å². The number of nitrogens with zero attached hydrogens (tertiary/aromatic N) is 2. The van der Waals surface area contributed by atoms with Gasteiger partial charge in [-0.1, -0.05) is 4.68 Å². The number of hydrogen-bond acceptors (Lipinski definition) is 2. The van der Waals surface area contributed by atoms with E-state index in [0.717, 1.165) is 0 Å². The number of aromatic nitrogens is 2. The van der Waals surface area contributed by atoms with Gasteiger partial charge in [0.2, 0.25) is 0 Å². The van der Waals surface area contributed by atoms with Crippen molar-refractivity contribution < 1.29 is 9.42 Å². The first-order valence-electron chi connectivity index (χ1n) is 3.20. The van der Waals surface area contributed by atoms with Crippen LogP contribution in [0, 0.1) is 0 Å². The highest BCUT2D eigenvalue weighted by Gasteiger charge is 2.09. The summed E-state index contributed by atoms with van der Waals surface area (Å²) in [7, 11) is 1.66. The lowest BCUT2D eigenvalue weighted by atomic mass is 10.5. The van der Waals surface area contributed by atoms with E-state index in [1.165, 1.54) is 0 Å². The first-order valence-corrected chi connectivity index (χ1v) is 3.20. The molecule has 1 rings (SSSR count). The SMILES string of the molecule is COC(C)[n+]1ccccn1. The third-order valence-corrected chi connectivity index (χ3v) is 1.35. The highest BCUT2D eigenvalue weighted by atomic mass is 16.5. The van der Waals surface area contributed by atoms with E-state index >= 15 is 0 Å². The molecular weight excluding hydrogens is 128 g/mol. The van der Waals surface area contributed by atoms with E-state index in [2.05, 4.69) is 5.10 Å². The quantitative estimate of drug-likeness (QED) is 0.559. The van der Waals surface area contributed by atoms with Gasteiger partial charge >= 0.3 is 0 Å². The first-order chi connectivity index (χ1) is 4.84. The molecular formula is C7H11N2O+. The summed E-state index contributed by atoms with van der Waals surface area (Å²) in [6, 6.07) is 3.79. The molecule has 0 amide bonds. The molecule has 54 valence electrons. The molecule has 1 unspecified atom stereocenters. The molecule has 0 bridgehead atoms. The fourth-order valence-electron chi connectivity index (χ4n) is 0.665. The van der Waals surface area contributed by atoms with Gasteiger partial charge in [-0.2, -0.15) is 0 Å². The summed E-state index contributed by atoms with van der Waals surface area (Å²) in [5.74, 6) is 0. The van der Waals surface area contributed by atoms with Crippen molar-refractivity contribution >= 4 is 0 Å². The Morgan fingerprint density at radius 3 is 2.80 bits per heavy atom. The van der Waals surface area contributed by atoms with Crippen molar-refractivity contribution in [2.75, 3.05) is 7.11 Å². The van der Waals surface area contributed by atoms with Gasteiger partial charge in [-0.15, -0.1) is 0 Å². The van der Waals surface area contributed by atoms with Crippen LogP contribution in [-0.2, 0) is 4.74 Å². The van der Waals surface area contributed by atoms with Crippen molar-refractivity contribution in [1.29, 1.82) is 0 Å². The lowest BCUT2D eigenvalue weighted by Crippen LogP contribution is -2.41. The predicted octanol–water partition coefficient (Wildman–Crippen LogP) is 0.534. The van der Waals surface area contributed by atoms with Crippen molar-refractivity contribution in [3.63, 3.8) is 0 Å². The highest BCUT2D eigenvalue weighted by Crippen LogP contribution is 1.89. The van der Waals surface area contributed by atoms with Gasteiger partial charge in [0, 0.05) is 20.1 Å². The van der Waals surface area contributed by atoms with E-state index in [0.29, 0.717) is 0 Å². The summed E-state index contributed by atoms with van der Waals surface area (Å²) in [5.41, 5.74) is 0. The molecule has 0 radical (unpaired) electrons. The van der Waals surface area contributed by atoms with Gasteiger partial charge in [0.15, 0.2) is 6.20 Å². The molecule has 0 spiro atoms. The number of methoxy groups -OCH3 is 1. The molecule has 0 aromatic carbocycles. The first kappa shape index (κ1) is 7.15. The zero-order valence-electron chi connectivity index (χ0n) is 6.19. The Bertz CT molecular complexity index is 188. The van der Waals surface area contributed by atoms with Crippen LogP contribution in [0.3, 0.4) is 0 Å². The largest absolute Gasteiger partial charge is 0.323 e. The summed E-state index contributed by atoms with van der Waals surface area (Å²) in [6.07, 6.45) is 3.62. The molecule has 1 atom stereocenters. The topological polar surface area (TPSA) is 26.0 Å². The minimum absolute atomic E-state index is 0.0150. The zero-order chi connectivity index (χ0) is 7.40. The molecule has 0 fully saturated rings. The van der Waals surface area contributed by atoms with Crippen LogP contribution in [0.2, 0.25) is 0 Å². The van der Waals surface area contributed by atoms with Gasteiger partial charge in [0.1, 0.15) is 0 Å². The van der Waals surface area contributed by atoms with E-state index in [1.54, 1.807) is 18.0 Å². The van der Waals surface area contributed by atoms with Crippen LogP contribution in [0.15, 0.2) is 24.5 Å². The molecule has 3 heteroatoms. The molecule has 1 aromatic rings. The average Bonchev–Trinajstić information content (AvgIpc) is 2.05. The van der Waals surface area contributed by atoms with Gasteiger partial charge in [0.05, 0.1) is 6.20 Å². The standard InChI is InChI=1S/C7H11N2O/c1-7(10-2)9-6-4-3-5-8-9/h3-7H,1-2H3/q+1. The van der Waals surface area contributed by atoms with E-state index in [9.17, 15) is 0 Å². The molecule has 0 saturated heterocycles. The van der Waals surface area contributed by atoms with Crippen LogP contribution >= 0.6 is 0 Å². The molecule has 0 aliphatic heterocycles. The summed E-state index contributed by atoms with van der Waals surface area (Å²) in [5, 5.41) is 4.04. The number of rotatable bonds is 2. The molecule has 1 aromatic heterocycles. The second-order valence-corrected chi connectivity index (χ2v) is 2.01. The minimum atomic E-state index is 0.0150. The molecule has 10 heavy (non-hydrogen) atoms. The van der Waals surface area contributed by atoms with Crippen LogP contribution in [0.5, 0.6) is 0 Å². The summed E-state index contributed by atoms with van der Waals surface area (Å²) >= 11 is 0. The Morgan fingerprint density at radius 1 is 1.50 bits per heavy atom. The summed E-state index contributed by atoms with van der Waals surface area (Å²) in [4.78, 5) is 0. The number of ether oxygens (including phenoxy) is 1. The Hall–Kier alpha value is -0.960. The van der Waals surface area contributed by atoms with Crippen molar-refractivity contribution in [3.05, 3.63) is 24.5 Å². The van der Waals surface area contributed by atoms with E-state index in [4.69, 9.17) is 4.74 Å². The summed E-state index contributed by atoms with van der Waals surface area (Å²) in [6.45, 7) is 1.94. The Morgan fingerprint density at radius 2 is 2.30 bits per heavy atom. The molecule has 0 saturated carbocycles. The van der Waals surface area contributed by atoms with Crippen LogP contribution in [0.25, 0.3) is 0 Å². The van der Waals surface area contributed by atoms with Gasteiger partial charge in [-0.3, -0.25) is 0 Å². The maximum absolute atomic E-state index is 5.04. The second-order valence-electron chi connectivity index (χ2n) is 2.01. The second kappa shape index (κ2) is 3.27. The van der Waals surface area contributed by atoms with Crippen molar-refractivity contribution in [3.8, 4) is 0 Å². The fraction of sp³-hybridized carbons (Fsp3) is 0.429. The monoisotopic (exact) mass is 139 g/mol. The van der Waals surface area contributed by atoms with Gasteiger partial charge < -0.3 is 4.74 Å². The van der Waals surface area contributed by atoms with Gasteiger partial charge in [0.25, 0.3) is 6.23 Å². The van der Waals surface area contributed by atoms with Crippen molar-refractivity contribution in [2.45, 2.75) is 13.2 Å². The smallest absolute Gasteiger partial charge is 0.285 e. The predicted molar refractivity (Wildman–Crippen MR) is 36.2 cm³/mol. The van der Waals surface area contributed by atoms with Crippen molar-refractivity contribution in [1.82, 2.24) is 5.10 Å². The Labute approximate surface area is 60.3 Å². The van der Waals surface area contributed by atoms with E-state index in [-0.39, 0.29) is 6.23 Å². The highest BCUT2D eigenvalue weighted by molar-refractivity contribution is 4.76. The van der Waals surface area contributed by atoms with Gasteiger partial charge in [-0.05, 0) is 11.2 Å². The lowest BCUT2D eigenvalue weighted by molar-refractivity contribution is -0.807. The molecule has 1 heterocycles. The average molecular weight is 139 g/mol. The van der Waals surface area contributed by atoms with Crippen LogP contribution < -0.4 is 4.68 Å². The maximum Gasteiger partial charge on any atom is 0.285 e.